The van der Waals surface area contributed by atoms with Crippen LogP contribution in [-0.4, -0.2) is 6.04 Å². The Morgan fingerprint density at radius 1 is 1.06 bits per heavy atom. The summed E-state index contributed by atoms with van der Waals surface area (Å²) in [6.45, 7) is 1.01. The fourth-order valence-electron chi connectivity index (χ4n) is 4.44. The first-order valence-electron chi connectivity index (χ1n) is 6.81. The minimum atomic E-state index is 0.829. The summed E-state index contributed by atoms with van der Waals surface area (Å²) in [6.07, 6.45) is 4.55. The molecule has 1 aromatic rings. The molecule has 3 fully saturated rings. The quantitative estimate of drug-likeness (QED) is 0.863. The van der Waals surface area contributed by atoms with Crippen LogP contribution in [0.1, 0.15) is 24.8 Å². The molecule has 3 aliphatic carbocycles. The van der Waals surface area contributed by atoms with E-state index < -0.39 is 0 Å². The number of benzene rings is 1. The molecule has 0 radical (unpaired) electrons. The van der Waals surface area contributed by atoms with E-state index in [-0.39, 0.29) is 0 Å². The lowest BCUT2D eigenvalue weighted by Crippen LogP contribution is -2.22. The lowest BCUT2D eigenvalue weighted by molar-refractivity contribution is 0.456. The van der Waals surface area contributed by atoms with Crippen molar-refractivity contribution in [1.82, 2.24) is 5.32 Å². The molecular formula is C15H18ClN. The van der Waals surface area contributed by atoms with Crippen molar-refractivity contribution >= 4 is 11.6 Å². The predicted octanol–water partition coefficient (Wildman–Crippen LogP) is 3.47. The molecule has 2 bridgehead atoms. The highest BCUT2D eigenvalue weighted by atomic mass is 35.5. The second kappa shape index (κ2) is 3.73. The van der Waals surface area contributed by atoms with E-state index in [9.17, 15) is 0 Å². The number of rotatable bonds is 3. The molecule has 3 saturated carbocycles. The summed E-state index contributed by atoms with van der Waals surface area (Å²) < 4.78 is 0. The average molecular weight is 248 g/mol. The molecule has 0 aromatic heterocycles. The van der Waals surface area contributed by atoms with Gasteiger partial charge >= 0.3 is 0 Å². The normalized spacial score (nSPS) is 41.6. The fourth-order valence-corrected chi connectivity index (χ4v) is 4.56. The Hall–Kier alpha value is -0.530. The highest BCUT2D eigenvalue weighted by molar-refractivity contribution is 6.30. The average Bonchev–Trinajstić information content (AvgIpc) is 2.74. The van der Waals surface area contributed by atoms with Gasteiger partial charge < -0.3 is 5.32 Å². The lowest BCUT2D eigenvalue weighted by Gasteiger charge is -2.10. The Kier molecular flexibility index (Phi) is 2.28. The molecule has 4 rings (SSSR count). The minimum absolute atomic E-state index is 0.829. The summed E-state index contributed by atoms with van der Waals surface area (Å²) in [7, 11) is 0. The minimum Gasteiger partial charge on any atom is -0.309 e. The highest BCUT2D eigenvalue weighted by Crippen LogP contribution is 2.65. The van der Waals surface area contributed by atoms with E-state index >= 15 is 0 Å². The summed E-state index contributed by atoms with van der Waals surface area (Å²) in [4.78, 5) is 0. The van der Waals surface area contributed by atoms with Crippen molar-refractivity contribution in [2.45, 2.75) is 31.8 Å². The van der Waals surface area contributed by atoms with Crippen LogP contribution in [0.25, 0.3) is 0 Å². The van der Waals surface area contributed by atoms with Crippen LogP contribution in [0.3, 0.4) is 0 Å². The van der Waals surface area contributed by atoms with Crippen molar-refractivity contribution in [3.05, 3.63) is 34.9 Å². The zero-order valence-corrected chi connectivity index (χ0v) is 10.7. The van der Waals surface area contributed by atoms with Gasteiger partial charge in [-0.25, -0.2) is 0 Å². The molecule has 3 aliphatic rings. The summed E-state index contributed by atoms with van der Waals surface area (Å²) >= 11 is 5.89. The van der Waals surface area contributed by atoms with Crippen molar-refractivity contribution in [2.75, 3.05) is 0 Å². The van der Waals surface area contributed by atoms with Gasteiger partial charge in [-0.1, -0.05) is 23.7 Å². The number of nitrogens with one attached hydrogen (secondary N) is 1. The van der Waals surface area contributed by atoms with Gasteiger partial charge in [-0.05, 0) is 60.6 Å². The SMILES string of the molecule is Clc1ccc(CNC2C3C4CCC(C4)C23)cc1. The monoisotopic (exact) mass is 247 g/mol. The fraction of sp³-hybridized carbons (Fsp3) is 0.600. The van der Waals surface area contributed by atoms with E-state index in [1.54, 1.807) is 0 Å². The van der Waals surface area contributed by atoms with Gasteiger partial charge in [0.15, 0.2) is 0 Å². The molecule has 1 aromatic carbocycles. The third kappa shape index (κ3) is 1.63. The molecule has 4 unspecified atom stereocenters. The Bertz CT molecular complexity index is 411. The Balaban J connectivity index is 1.37. The molecule has 4 atom stereocenters. The Morgan fingerprint density at radius 3 is 2.35 bits per heavy atom. The molecule has 0 amide bonds. The molecule has 2 heteroatoms. The number of halogens is 1. The van der Waals surface area contributed by atoms with Crippen molar-refractivity contribution in [1.29, 1.82) is 0 Å². The van der Waals surface area contributed by atoms with Crippen LogP contribution in [0.2, 0.25) is 5.02 Å². The van der Waals surface area contributed by atoms with E-state index in [1.165, 1.54) is 24.8 Å². The van der Waals surface area contributed by atoms with Crippen LogP contribution in [0, 0.1) is 23.7 Å². The van der Waals surface area contributed by atoms with Gasteiger partial charge in [0.25, 0.3) is 0 Å². The topological polar surface area (TPSA) is 12.0 Å². The maximum atomic E-state index is 5.89. The summed E-state index contributed by atoms with van der Waals surface area (Å²) in [5, 5.41) is 4.58. The lowest BCUT2D eigenvalue weighted by atomic mass is 10.0. The second-order valence-electron chi connectivity index (χ2n) is 6.02. The van der Waals surface area contributed by atoms with Crippen LogP contribution < -0.4 is 5.32 Å². The van der Waals surface area contributed by atoms with Gasteiger partial charge in [0.05, 0.1) is 0 Å². The summed E-state index contributed by atoms with van der Waals surface area (Å²) in [6, 6.07) is 9.05. The molecule has 1 N–H and O–H groups in total. The van der Waals surface area contributed by atoms with E-state index in [2.05, 4.69) is 17.4 Å². The van der Waals surface area contributed by atoms with Crippen molar-refractivity contribution in [3.63, 3.8) is 0 Å². The largest absolute Gasteiger partial charge is 0.309 e. The molecule has 17 heavy (non-hydrogen) atoms. The molecule has 0 heterocycles. The maximum Gasteiger partial charge on any atom is 0.0406 e. The Morgan fingerprint density at radius 2 is 1.71 bits per heavy atom. The first kappa shape index (κ1) is 10.4. The van der Waals surface area contributed by atoms with Crippen LogP contribution in [0.15, 0.2) is 24.3 Å². The smallest absolute Gasteiger partial charge is 0.0406 e. The third-order valence-electron chi connectivity index (χ3n) is 5.19. The van der Waals surface area contributed by atoms with Gasteiger partial charge in [0.1, 0.15) is 0 Å². The highest BCUT2D eigenvalue weighted by Gasteiger charge is 2.64. The zero-order valence-electron chi connectivity index (χ0n) is 9.90. The summed E-state index contributed by atoms with van der Waals surface area (Å²) in [5.41, 5.74) is 1.35. The predicted molar refractivity (Wildman–Crippen MR) is 69.9 cm³/mol. The van der Waals surface area contributed by atoms with Gasteiger partial charge in [-0.2, -0.15) is 0 Å². The molecule has 1 nitrogen and oxygen atoms in total. The van der Waals surface area contributed by atoms with E-state index in [0.717, 1.165) is 41.3 Å². The van der Waals surface area contributed by atoms with E-state index in [1.807, 2.05) is 12.1 Å². The molecule has 0 aliphatic heterocycles. The summed E-state index contributed by atoms with van der Waals surface area (Å²) in [5.74, 6) is 4.18. The van der Waals surface area contributed by atoms with Crippen molar-refractivity contribution in [2.24, 2.45) is 23.7 Å². The Labute approximate surface area is 108 Å². The van der Waals surface area contributed by atoms with Crippen molar-refractivity contribution < 1.29 is 0 Å². The van der Waals surface area contributed by atoms with Crippen LogP contribution >= 0.6 is 11.6 Å². The first-order valence-corrected chi connectivity index (χ1v) is 7.18. The van der Waals surface area contributed by atoms with Crippen LogP contribution in [0.5, 0.6) is 0 Å². The molecular weight excluding hydrogens is 230 g/mol. The number of hydrogen-bond donors (Lipinski definition) is 1. The van der Waals surface area contributed by atoms with Gasteiger partial charge in [-0.15, -0.1) is 0 Å². The first-order chi connectivity index (χ1) is 8.33. The number of fused-ring (bicyclic) bond motifs is 5. The molecule has 0 spiro atoms. The maximum absolute atomic E-state index is 5.89. The van der Waals surface area contributed by atoms with E-state index in [4.69, 9.17) is 11.6 Å². The van der Waals surface area contributed by atoms with Gasteiger partial charge in [0, 0.05) is 17.6 Å². The van der Waals surface area contributed by atoms with Crippen molar-refractivity contribution in [3.8, 4) is 0 Å². The standard InChI is InChI=1S/C15H18ClN/c16-12-5-1-9(2-6-12)8-17-15-13-10-3-4-11(7-10)14(13)15/h1-2,5-6,10-11,13-15,17H,3-4,7-8H2. The van der Waals surface area contributed by atoms with E-state index in [0.29, 0.717) is 0 Å². The molecule has 90 valence electrons. The zero-order chi connectivity index (χ0) is 11.4. The number of hydrogen-bond acceptors (Lipinski definition) is 1. The van der Waals surface area contributed by atoms with Crippen LogP contribution in [0.4, 0.5) is 0 Å². The second-order valence-corrected chi connectivity index (χ2v) is 6.46. The third-order valence-corrected chi connectivity index (χ3v) is 5.44. The van der Waals surface area contributed by atoms with Crippen LogP contribution in [-0.2, 0) is 6.54 Å². The van der Waals surface area contributed by atoms with Gasteiger partial charge in [-0.3, -0.25) is 0 Å². The molecule has 0 saturated heterocycles. The van der Waals surface area contributed by atoms with Gasteiger partial charge in [0.2, 0.25) is 0 Å².